The number of hydrogen-bond acceptors (Lipinski definition) is 2. The third-order valence-electron chi connectivity index (χ3n) is 3.78. The first-order valence-corrected chi connectivity index (χ1v) is 6.43. The molecule has 0 bridgehead atoms. The van der Waals surface area contributed by atoms with Crippen LogP contribution < -0.4 is 10.6 Å². The van der Waals surface area contributed by atoms with Gasteiger partial charge in [-0.3, -0.25) is 4.79 Å². The number of benzene rings is 1. The quantitative estimate of drug-likeness (QED) is 0.862. The van der Waals surface area contributed by atoms with Gasteiger partial charge >= 0.3 is 6.18 Å². The third kappa shape index (κ3) is 2.28. The molecule has 2 rings (SSSR count). The lowest BCUT2D eigenvalue weighted by atomic mass is 9.92. The second-order valence-corrected chi connectivity index (χ2v) is 5.39. The molecule has 1 amide bonds. The van der Waals surface area contributed by atoms with Crippen molar-refractivity contribution in [1.29, 1.82) is 0 Å². The maximum Gasteiger partial charge on any atom is 0.415 e. The van der Waals surface area contributed by atoms with Crippen molar-refractivity contribution >= 4 is 11.6 Å². The Morgan fingerprint density at radius 2 is 1.95 bits per heavy atom. The van der Waals surface area contributed by atoms with Crippen molar-refractivity contribution in [3.05, 3.63) is 29.8 Å². The zero-order valence-electron chi connectivity index (χ0n) is 11.4. The topological polar surface area (TPSA) is 46.3 Å². The molecule has 20 heavy (non-hydrogen) atoms. The predicted octanol–water partition coefficient (Wildman–Crippen LogP) is 2.63. The first-order chi connectivity index (χ1) is 9.16. The molecule has 1 aromatic rings. The third-order valence-corrected chi connectivity index (χ3v) is 3.78. The molecule has 0 aliphatic carbocycles. The number of amides is 1. The van der Waals surface area contributed by atoms with E-state index in [1.165, 1.54) is 4.90 Å². The van der Waals surface area contributed by atoms with E-state index in [4.69, 9.17) is 5.73 Å². The van der Waals surface area contributed by atoms with E-state index in [0.717, 1.165) is 18.9 Å². The van der Waals surface area contributed by atoms with Gasteiger partial charge in [-0.15, -0.1) is 0 Å². The number of aryl methyl sites for hydroxylation is 1. The number of carbonyl (C=O) groups is 1. The number of nitrogens with two attached hydrogens (primary N) is 1. The Bertz CT molecular complexity index is 525. The molecular weight excluding hydrogens is 269 g/mol. The molecule has 2 unspecified atom stereocenters. The lowest BCUT2D eigenvalue weighted by Gasteiger charge is -2.40. The number of halogens is 3. The van der Waals surface area contributed by atoms with E-state index in [1.807, 2.05) is 12.1 Å². The Labute approximate surface area is 115 Å². The van der Waals surface area contributed by atoms with E-state index in [-0.39, 0.29) is 6.04 Å². The number of hydrogen-bond donors (Lipinski definition) is 1. The minimum Gasteiger partial charge on any atom is -0.310 e. The average Bonchev–Trinajstić information content (AvgIpc) is 2.36. The molecule has 2 N–H and O–H groups in total. The van der Waals surface area contributed by atoms with Crippen LogP contribution >= 0.6 is 0 Å². The summed E-state index contributed by atoms with van der Waals surface area (Å²) in [7, 11) is 0. The van der Waals surface area contributed by atoms with Crippen molar-refractivity contribution in [3.8, 4) is 0 Å². The summed E-state index contributed by atoms with van der Waals surface area (Å²) in [6, 6.07) is 6.70. The first kappa shape index (κ1) is 14.8. The molecule has 1 aliphatic rings. The van der Waals surface area contributed by atoms with Gasteiger partial charge in [0.15, 0.2) is 5.54 Å². The summed E-state index contributed by atoms with van der Waals surface area (Å²) in [5, 5.41) is 0. The van der Waals surface area contributed by atoms with Crippen molar-refractivity contribution in [2.45, 2.75) is 44.4 Å². The summed E-state index contributed by atoms with van der Waals surface area (Å²) in [6.07, 6.45) is -3.42. The smallest absolute Gasteiger partial charge is 0.310 e. The van der Waals surface area contributed by atoms with Crippen LogP contribution in [0, 0.1) is 0 Å². The van der Waals surface area contributed by atoms with Gasteiger partial charge in [-0.25, -0.2) is 0 Å². The molecule has 1 aliphatic heterocycles. The van der Waals surface area contributed by atoms with Crippen LogP contribution in [-0.4, -0.2) is 23.7 Å². The summed E-state index contributed by atoms with van der Waals surface area (Å²) in [5.41, 5.74) is 3.79. The zero-order valence-corrected chi connectivity index (χ0v) is 11.4. The fourth-order valence-electron chi connectivity index (χ4n) is 2.37. The van der Waals surface area contributed by atoms with E-state index in [1.54, 1.807) is 19.1 Å². The summed E-state index contributed by atoms with van der Waals surface area (Å²) >= 11 is 0. The highest BCUT2D eigenvalue weighted by atomic mass is 19.4. The van der Waals surface area contributed by atoms with Crippen LogP contribution in [0.3, 0.4) is 0 Å². The van der Waals surface area contributed by atoms with Crippen LogP contribution in [0.4, 0.5) is 18.9 Å². The van der Waals surface area contributed by atoms with Gasteiger partial charge in [0, 0.05) is 11.7 Å². The lowest BCUT2D eigenvalue weighted by Crippen LogP contribution is -2.64. The molecule has 1 heterocycles. The Hall–Kier alpha value is -1.56. The van der Waals surface area contributed by atoms with Crippen LogP contribution in [-0.2, 0) is 11.2 Å². The molecule has 0 saturated carbocycles. The van der Waals surface area contributed by atoms with Crippen LogP contribution in [0.15, 0.2) is 24.3 Å². The fraction of sp³-hybridized carbons (Fsp3) is 0.500. The van der Waals surface area contributed by atoms with Crippen LogP contribution in [0.25, 0.3) is 0 Å². The Morgan fingerprint density at radius 1 is 1.35 bits per heavy atom. The van der Waals surface area contributed by atoms with Crippen molar-refractivity contribution in [3.63, 3.8) is 0 Å². The average molecular weight is 286 g/mol. The predicted molar refractivity (Wildman–Crippen MR) is 70.4 cm³/mol. The Balaban J connectivity index is 2.44. The van der Waals surface area contributed by atoms with E-state index in [9.17, 15) is 18.0 Å². The number of anilines is 1. The number of rotatable bonds is 1. The highest BCUT2D eigenvalue weighted by Crippen LogP contribution is 2.36. The summed E-state index contributed by atoms with van der Waals surface area (Å²) in [6.45, 7) is 2.46. The number of fused-ring (bicyclic) bond motifs is 1. The molecule has 3 nitrogen and oxygen atoms in total. The minimum atomic E-state index is -4.78. The van der Waals surface area contributed by atoms with Crippen LogP contribution in [0.2, 0.25) is 0 Å². The van der Waals surface area contributed by atoms with Gasteiger partial charge < -0.3 is 10.6 Å². The molecule has 0 fully saturated rings. The van der Waals surface area contributed by atoms with E-state index in [0.29, 0.717) is 12.1 Å². The number of carbonyl (C=O) groups excluding carboxylic acids is 1. The highest BCUT2D eigenvalue weighted by molar-refractivity contribution is 6.01. The number of para-hydroxylation sites is 1. The number of alkyl halides is 3. The minimum absolute atomic E-state index is 0.303. The van der Waals surface area contributed by atoms with Crippen molar-refractivity contribution < 1.29 is 18.0 Å². The fourth-order valence-corrected chi connectivity index (χ4v) is 2.37. The molecule has 0 aromatic heterocycles. The van der Waals surface area contributed by atoms with Gasteiger partial charge in [-0.05, 0) is 38.3 Å². The Morgan fingerprint density at radius 3 is 2.55 bits per heavy atom. The van der Waals surface area contributed by atoms with Crippen LogP contribution in [0.5, 0.6) is 0 Å². The summed E-state index contributed by atoms with van der Waals surface area (Å²) < 4.78 is 38.9. The number of nitrogens with zero attached hydrogens (tertiary/aromatic N) is 1. The zero-order chi connectivity index (χ0) is 15.1. The molecule has 0 spiro atoms. The molecule has 6 heteroatoms. The lowest BCUT2D eigenvalue weighted by molar-refractivity contribution is -0.186. The SMILES string of the molecule is CC1CCc2ccccc2N1C(=O)C(C)(N)C(F)(F)F. The molecular formula is C14H17F3N2O. The van der Waals surface area contributed by atoms with Gasteiger partial charge in [0.25, 0.3) is 5.91 Å². The molecule has 2 atom stereocenters. The second kappa shape index (κ2) is 4.77. The van der Waals surface area contributed by atoms with Gasteiger partial charge in [-0.2, -0.15) is 13.2 Å². The summed E-state index contributed by atoms with van der Waals surface area (Å²) in [5.74, 6) is -1.11. The van der Waals surface area contributed by atoms with Gasteiger partial charge in [0.2, 0.25) is 0 Å². The van der Waals surface area contributed by atoms with Crippen molar-refractivity contribution in [2.24, 2.45) is 5.73 Å². The van der Waals surface area contributed by atoms with Crippen LogP contribution in [0.1, 0.15) is 25.8 Å². The molecule has 0 saturated heterocycles. The normalized spacial score (nSPS) is 22.1. The maximum atomic E-state index is 13.0. The second-order valence-electron chi connectivity index (χ2n) is 5.39. The molecule has 0 radical (unpaired) electrons. The summed E-state index contributed by atoms with van der Waals surface area (Å²) in [4.78, 5) is 13.5. The monoisotopic (exact) mass is 286 g/mol. The van der Waals surface area contributed by atoms with E-state index in [2.05, 4.69) is 0 Å². The van der Waals surface area contributed by atoms with Gasteiger partial charge in [0.1, 0.15) is 0 Å². The Kier molecular flexibility index (Phi) is 3.54. The maximum absolute atomic E-state index is 13.0. The molecule has 1 aromatic carbocycles. The largest absolute Gasteiger partial charge is 0.415 e. The van der Waals surface area contributed by atoms with E-state index >= 15 is 0 Å². The van der Waals surface area contributed by atoms with E-state index < -0.39 is 17.6 Å². The van der Waals surface area contributed by atoms with Crippen molar-refractivity contribution in [2.75, 3.05) is 4.90 Å². The van der Waals surface area contributed by atoms with Crippen molar-refractivity contribution in [1.82, 2.24) is 0 Å². The standard InChI is InChI=1S/C14H17F3N2O/c1-9-7-8-10-5-3-4-6-11(10)19(9)12(20)13(2,18)14(15,16)17/h3-6,9H,7-8,18H2,1-2H3. The van der Waals surface area contributed by atoms with Gasteiger partial charge in [-0.1, -0.05) is 18.2 Å². The first-order valence-electron chi connectivity index (χ1n) is 6.43. The van der Waals surface area contributed by atoms with Gasteiger partial charge in [0.05, 0.1) is 0 Å². The molecule has 110 valence electrons. The highest BCUT2D eigenvalue weighted by Gasteiger charge is 2.56.